The molecule has 2 amide bonds. The minimum atomic E-state index is -0.533. The molecule has 1 aliphatic heterocycles. The van der Waals surface area contributed by atoms with Crippen molar-refractivity contribution in [3.05, 3.63) is 60.0 Å². The van der Waals surface area contributed by atoms with Gasteiger partial charge < -0.3 is 19.9 Å². The van der Waals surface area contributed by atoms with E-state index in [4.69, 9.17) is 4.74 Å². The maximum atomic E-state index is 12.5. The Morgan fingerprint density at radius 3 is 2.58 bits per heavy atom. The number of hydrogen-bond acceptors (Lipinski definition) is 6. The molecule has 0 aliphatic carbocycles. The zero-order valence-corrected chi connectivity index (χ0v) is 23.4. The van der Waals surface area contributed by atoms with E-state index in [-0.39, 0.29) is 24.1 Å². The summed E-state index contributed by atoms with van der Waals surface area (Å²) in [6.45, 7) is 12.3. The zero-order chi connectivity index (χ0) is 27.6. The molecule has 1 N–H and O–H groups in total. The smallest absolute Gasteiger partial charge is 0.410 e. The Bertz CT molecular complexity index is 1290. The molecular formula is C29H38N6O3. The topological polar surface area (TPSA) is 92.6 Å². The minimum absolute atomic E-state index is 0.00304. The maximum Gasteiger partial charge on any atom is 0.410 e. The number of benzene rings is 1. The summed E-state index contributed by atoms with van der Waals surface area (Å²) in [6, 6.07) is 10.3. The van der Waals surface area contributed by atoms with Crippen molar-refractivity contribution >= 4 is 23.5 Å². The maximum absolute atomic E-state index is 12.5. The van der Waals surface area contributed by atoms with Gasteiger partial charge in [-0.1, -0.05) is 12.1 Å². The average molecular weight is 519 g/mol. The predicted octanol–water partition coefficient (Wildman–Crippen LogP) is 5.42. The number of hydrogen-bond donors (Lipinski definition) is 1. The molecular weight excluding hydrogens is 480 g/mol. The van der Waals surface area contributed by atoms with E-state index in [0.29, 0.717) is 13.1 Å². The van der Waals surface area contributed by atoms with E-state index in [0.717, 1.165) is 40.2 Å². The predicted molar refractivity (Wildman–Crippen MR) is 149 cm³/mol. The lowest BCUT2D eigenvalue weighted by atomic mass is 9.89. The van der Waals surface area contributed by atoms with Gasteiger partial charge in [0.2, 0.25) is 5.91 Å². The number of anilines is 2. The number of fused-ring (bicyclic) bond motifs is 1. The van der Waals surface area contributed by atoms with Crippen molar-refractivity contribution in [3.8, 4) is 11.1 Å². The van der Waals surface area contributed by atoms with Crippen LogP contribution in [0.3, 0.4) is 0 Å². The highest BCUT2D eigenvalue weighted by molar-refractivity contribution is 5.94. The molecule has 2 aromatic heterocycles. The van der Waals surface area contributed by atoms with Gasteiger partial charge in [0.15, 0.2) is 0 Å². The first-order valence-corrected chi connectivity index (χ1v) is 13.0. The molecule has 0 fully saturated rings. The van der Waals surface area contributed by atoms with Crippen molar-refractivity contribution in [1.29, 1.82) is 0 Å². The zero-order valence-electron chi connectivity index (χ0n) is 23.4. The van der Waals surface area contributed by atoms with Crippen LogP contribution < -0.4 is 10.2 Å². The summed E-state index contributed by atoms with van der Waals surface area (Å²) in [5.74, 6) is 0.836. The van der Waals surface area contributed by atoms with Crippen LogP contribution in [-0.4, -0.2) is 56.9 Å². The summed E-state index contributed by atoms with van der Waals surface area (Å²) in [6.07, 6.45) is 6.06. The van der Waals surface area contributed by atoms with Crippen LogP contribution in [0.2, 0.25) is 0 Å². The molecule has 0 spiro atoms. The minimum Gasteiger partial charge on any atom is -0.444 e. The van der Waals surface area contributed by atoms with Crippen LogP contribution in [-0.2, 0) is 16.1 Å². The van der Waals surface area contributed by atoms with E-state index in [1.54, 1.807) is 18.9 Å². The first kappa shape index (κ1) is 27.2. The van der Waals surface area contributed by atoms with E-state index < -0.39 is 5.60 Å². The number of amides is 2. The molecule has 2 unspecified atom stereocenters. The third-order valence-corrected chi connectivity index (χ3v) is 6.59. The number of ether oxygens (including phenoxy) is 1. The fourth-order valence-electron chi connectivity index (χ4n) is 4.71. The van der Waals surface area contributed by atoms with Crippen molar-refractivity contribution < 1.29 is 14.3 Å². The van der Waals surface area contributed by atoms with Crippen molar-refractivity contribution in [2.75, 3.05) is 23.8 Å². The van der Waals surface area contributed by atoms with Crippen LogP contribution in [0.25, 0.3) is 11.1 Å². The van der Waals surface area contributed by atoms with Crippen LogP contribution in [0.1, 0.15) is 58.2 Å². The molecule has 9 heteroatoms. The highest BCUT2D eigenvalue weighted by Crippen LogP contribution is 2.41. The largest absolute Gasteiger partial charge is 0.444 e. The molecule has 0 radical (unpaired) electrons. The average Bonchev–Trinajstić information content (AvgIpc) is 3.31. The Labute approximate surface area is 224 Å². The summed E-state index contributed by atoms with van der Waals surface area (Å²) in [5, 5.41) is 8.09. The molecule has 0 bridgehead atoms. The molecule has 3 aromatic rings. The molecule has 4 rings (SSSR count). The van der Waals surface area contributed by atoms with Gasteiger partial charge in [-0.25, -0.2) is 9.78 Å². The standard InChI is InChI=1S/C29H38N6O3/c1-19-8-11-27(30-16-19)32-25-14-20(2)35(21(3)36)26-10-9-22(15-24(25)26)23-17-31-34(18-23)13-12-33(7)28(37)38-29(4,5)6/h8-11,15-18,20,25H,12-14H2,1-7H3,(H,30,32). The summed E-state index contributed by atoms with van der Waals surface area (Å²) in [4.78, 5) is 32.7. The third kappa shape index (κ3) is 6.33. The fraction of sp³-hybridized carbons (Fsp3) is 0.448. The molecule has 202 valence electrons. The lowest BCUT2D eigenvalue weighted by molar-refractivity contribution is -0.117. The quantitative estimate of drug-likeness (QED) is 0.469. The van der Waals surface area contributed by atoms with Crippen LogP contribution >= 0.6 is 0 Å². The second-order valence-corrected chi connectivity index (χ2v) is 11.1. The van der Waals surface area contributed by atoms with Gasteiger partial charge in [-0.05, 0) is 75.9 Å². The highest BCUT2D eigenvalue weighted by atomic mass is 16.6. The summed E-state index contributed by atoms with van der Waals surface area (Å²) < 4.78 is 7.25. The number of aromatic nitrogens is 3. The number of pyridine rings is 1. The first-order chi connectivity index (χ1) is 17.9. The number of likely N-dealkylation sites (N-methyl/N-ethyl adjacent to an activating group) is 1. The van der Waals surface area contributed by atoms with E-state index in [1.807, 2.05) is 80.1 Å². The highest BCUT2D eigenvalue weighted by Gasteiger charge is 2.33. The second-order valence-electron chi connectivity index (χ2n) is 11.1. The van der Waals surface area contributed by atoms with E-state index in [9.17, 15) is 9.59 Å². The van der Waals surface area contributed by atoms with Crippen LogP contribution in [0.15, 0.2) is 48.9 Å². The van der Waals surface area contributed by atoms with Crippen LogP contribution in [0, 0.1) is 6.92 Å². The number of rotatable bonds is 6. The van der Waals surface area contributed by atoms with Gasteiger partial charge in [-0.3, -0.25) is 9.48 Å². The Hall–Kier alpha value is -3.88. The molecule has 1 aliphatic rings. The molecule has 0 saturated heterocycles. The van der Waals surface area contributed by atoms with Crippen LogP contribution in [0.5, 0.6) is 0 Å². The van der Waals surface area contributed by atoms with Crippen molar-refractivity contribution in [1.82, 2.24) is 19.7 Å². The molecule has 9 nitrogen and oxygen atoms in total. The van der Waals surface area contributed by atoms with Gasteiger partial charge in [-0.2, -0.15) is 5.10 Å². The Balaban J connectivity index is 1.55. The van der Waals surface area contributed by atoms with Gasteiger partial charge in [-0.15, -0.1) is 0 Å². The van der Waals surface area contributed by atoms with Crippen molar-refractivity contribution in [2.24, 2.45) is 0 Å². The Kier molecular flexibility index (Phi) is 7.76. The van der Waals surface area contributed by atoms with Crippen molar-refractivity contribution in [2.45, 2.75) is 72.2 Å². The lowest BCUT2D eigenvalue weighted by Crippen LogP contribution is -2.43. The summed E-state index contributed by atoms with van der Waals surface area (Å²) in [5.41, 5.74) is 4.51. The number of nitrogens with zero attached hydrogens (tertiary/aromatic N) is 5. The molecule has 2 atom stereocenters. The van der Waals surface area contributed by atoms with E-state index in [2.05, 4.69) is 28.4 Å². The van der Waals surface area contributed by atoms with E-state index >= 15 is 0 Å². The fourth-order valence-corrected chi connectivity index (χ4v) is 4.71. The van der Waals surface area contributed by atoms with Gasteiger partial charge >= 0.3 is 6.09 Å². The van der Waals surface area contributed by atoms with Crippen molar-refractivity contribution in [3.63, 3.8) is 0 Å². The Morgan fingerprint density at radius 2 is 1.92 bits per heavy atom. The van der Waals surface area contributed by atoms with E-state index in [1.165, 1.54) is 0 Å². The van der Waals surface area contributed by atoms with Gasteiger partial charge in [0.05, 0.1) is 18.8 Å². The normalized spacial score (nSPS) is 17.1. The molecule has 38 heavy (non-hydrogen) atoms. The monoisotopic (exact) mass is 518 g/mol. The van der Waals surface area contributed by atoms with Gasteiger partial charge in [0.25, 0.3) is 0 Å². The number of carbonyl (C=O) groups is 2. The lowest BCUT2D eigenvalue weighted by Gasteiger charge is -2.39. The molecule has 3 heterocycles. The number of aryl methyl sites for hydroxylation is 1. The van der Waals surface area contributed by atoms with Crippen LogP contribution in [0.4, 0.5) is 16.3 Å². The second kappa shape index (κ2) is 10.8. The summed E-state index contributed by atoms with van der Waals surface area (Å²) in [7, 11) is 1.72. The van der Waals surface area contributed by atoms with Gasteiger partial charge in [0.1, 0.15) is 11.4 Å². The van der Waals surface area contributed by atoms with Gasteiger partial charge in [0, 0.05) is 50.2 Å². The number of carbonyl (C=O) groups excluding carboxylic acids is 2. The SMILES string of the molecule is CC(=O)N1c2ccc(-c3cnn(CCN(C)C(=O)OC(C)(C)C)c3)cc2C(Nc2ccc(C)cn2)CC1C. The number of nitrogens with one attached hydrogen (secondary N) is 1. The third-order valence-electron chi connectivity index (χ3n) is 6.59. The summed E-state index contributed by atoms with van der Waals surface area (Å²) >= 11 is 0. The molecule has 1 aromatic carbocycles. The Morgan fingerprint density at radius 1 is 1.16 bits per heavy atom. The molecule has 0 saturated carbocycles. The first-order valence-electron chi connectivity index (χ1n) is 13.0.